The molecule has 0 unspecified atom stereocenters. The van der Waals surface area contributed by atoms with Gasteiger partial charge in [-0.05, 0) is 34.1 Å². The fourth-order valence-corrected chi connectivity index (χ4v) is 1.54. The van der Waals surface area contributed by atoms with Crippen LogP contribution >= 0.6 is 15.9 Å². The molecule has 0 spiro atoms. The molecule has 80 valence electrons. The maximum absolute atomic E-state index is 11.4. The Morgan fingerprint density at radius 3 is 2.67 bits per heavy atom. The highest BCUT2D eigenvalue weighted by atomic mass is 79.9. The van der Waals surface area contributed by atoms with Crippen molar-refractivity contribution >= 4 is 33.5 Å². The molecule has 1 amide bonds. The molecule has 0 aromatic heterocycles. The third kappa shape index (κ3) is 3.25. The van der Waals surface area contributed by atoms with Gasteiger partial charge >= 0.3 is 5.97 Å². The maximum atomic E-state index is 11.4. The monoisotopic (exact) mass is 272 g/mol. The number of anilines is 1. The van der Waals surface area contributed by atoms with Crippen LogP contribution in [-0.2, 0) is 4.79 Å². The molecule has 5 nitrogen and oxygen atoms in total. The van der Waals surface area contributed by atoms with Crippen LogP contribution in [0.5, 0.6) is 0 Å². The number of nitrogens with one attached hydrogen (secondary N) is 1. The molecule has 1 rings (SSSR count). The van der Waals surface area contributed by atoms with Crippen molar-refractivity contribution in [3.63, 3.8) is 0 Å². The highest BCUT2D eigenvalue weighted by molar-refractivity contribution is 9.10. The minimum atomic E-state index is -1.09. The summed E-state index contributed by atoms with van der Waals surface area (Å²) in [5.41, 5.74) is 6.37. The zero-order valence-electron chi connectivity index (χ0n) is 7.66. The van der Waals surface area contributed by atoms with Gasteiger partial charge in [-0.15, -0.1) is 0 Å². The number of amides is 1. The molecule has 15 heavy (non-hydrogen) atoms. The number of hydrogen-bond acceptors (Lipinski definition) is 3. The van der Waals surface area contributed by atoms with Gasteiger partial charge in [0.15, 0.2) is 0 Å². The van der Waals surface area contributed by atoms with Crippen LogP contribution in [0.3, 0.4) is 0 Å². The smallest absolute Gasteiger partial charge is 0.322 e. The van der Waals surface area contributed by atoms with Crippen molar-refractivity contribution in [3.05, 3.63) is 28.2 Å². The Morgan fingerprint density at radius 1 is 1.47 bits per heavy atom. The molecule has 0 saturated carbocycles. The molecule has 6 heteroatoms. The molecule has 0 heterocycles. The van der Waals surface area contributed by atoms with E-state index in [1.807, 2.05) is 0 Å². The molecule has 1 aromatic rings. The lowest BCUT2D eigenvalue weighted by atomic mass is 10.2. The number of carbonyl (C=O) groups is 2. The Morgan fingerprint density at radius 2 is 2.13 bits per heavy atom. The summed E-state index contributed by atoms with van der Waals surface area (Å²) in [6.07, 6.45) is 0. The van der Waals surface area contributed by atoms with E-state index in [1.165, 1.54) is 6.07 Å². The van der Waals surface area contributed by atoms with E-state index in [9.17, 15) is 9.59 Å². The first kappa shape index (κ1) is 11.5. The third-order valence-corrected chi connectivity index (χ3v) is 2.29. The second-order valence-corrected chi connectivity index (χ2v) is 3.67. The Kier molecular flexibility index (Phi) is 3.68. The predicted octanol–water partition coefficient (Wildman–Crippen LogP) is 0.846. The number of halogens is 1. The summed E-state index contributed by atoms with van der Waals surface area (Å²) in [6.45, 7) is -0.407. The van der Waals surface area contributed by atoms with Crippen LogP contribution in [0.15, 0.2) is 22.7 Å². The van der Waals surface area contributed by atoms with Gasteiger partial charge in [-0.25, -0.2) is 0 Å². The molecule has 0 aliphatic heterocycles. The number of aliphatic carboxylic acids is 1. The molecule has 1 aromatic carbocycles. The molecule has 0 atom stereocenters. The summed E-state index contributed by atoms with van der Waals surface area (Å²) in [6, 6.07) is 4.67. The van der Waals surface area contributed by atoms with E-state index in [-0.39, 0.29) is 0 Å². The number of rotatable bonds is 3. The van der Waals surface area contributed by atoms with Gasteiger partial charge in [0.05, 0.1) is 5.56 Å². The van der Waals surface area contributed by atoms with Crippen molar-refractivity contribution < 1.29 is 14.7 Å². The number of carbonyl (C=O) groups excluding carboxylic acids is 1. The van der Waals surface area contributed by atoms with Crippen LogP contribution in [-0.4, -0.2) is 23.5 Å². The van der Waals surface area contributed by atoms with E-state index in [2.05, 4.69) is 21.2 Å². The van der Waals surface area contributed by atoms with Gasteiger partial charge in [0.2, 0.25) is 0 Å². The Labute approximate surface area is 94.4 Å². The standard InChI is InChI=1S/C9H9BrN2O3/c10-7-3-5(11)1-2-6(7)9(15)12-4-8(13)14/h1-3H,4,11H2,(H,12,15)(H,13,14). The minimum Gasteiger partial charge on any atom is -0.480 e. The summed E-state index contributed by atoms with van der Waals surface area (Å²) < 4.78 is 0.533. The predicted molar refractivity (Wildman–Crippen MR) is 58.5 cm³/mol. The highest BCUT2D eigenvalue weighted by Gasteiger charge is 2.10. The molecule has 0 fully saturated rings. The molecule has 0 aliphatic carbocycles. The molecule has 0 bridgehead atoms. The highest BCUT2D eigenvalue weighted by Crippen LogP contribution is 2.19. The first-order valence-electron chi connectivity index (χ1n) is 4.05. The van der Waals surface area contributed by atoms with E-state index < -0.39 is 18.4 Å². The van der Waals surface area contributed by atoms with Gasteiger partial charge < -0.3 is 16.2 Å². The summed E-state index contributed by atoms with van der Waals surface area (Å²) in [4.78, 5) is 21.7. The summed E-state index contributed by atoms with van der Waals surface area (Å²) in [5.74, 6) is -1.54. The second kappa shape index (κ2) is 4.79. The lowest BCUT2D eigenvalue weighted by Crippen LogP contribution is -2.29. The fourth-order valence-electron chi connectivity index (χ4n) is 0.967. The van der Waals surface area contributed by atoms with Crippen LogP contribution in [0.4, 0.5) is 5.69 Å². The molecule has 0 radical (unpaired) electrons. The van der Waals surface area contributed by atoms with Crippen LogP contribution < -0.4 is 11.1 Å². The first-order chi connectivity index (χ1) is 7.00. The number of carboxylic acids is 1. The van der Waals surface area contributed by atoms with Crippen LogP contribution in [0.1, 0.15) is 10.4 Å². The van der Waals surface area contributed by atoms with E-state index >= 15 is 0 Å². The fraction of sp³-hybridized carbons (Fsp3) is 0.111. The summed E-state index contributed by atoms with van der Waals surface area (Å²) >= 11 is 3.17. The van der Waals surface area contributed by atoms with Gasteiger partial charge in [-0.3, -0.25) is 9.59 Å². The first-order valence-corrected chi connectivity index (χ1v) is 4.85. The van der Waals surface area contributed by atoms with Crippen LogP contribution in [0.25, 0.3) is 0 Å². The van der Waals surface area contributed by atoms with Gasteiger partial charge in [-0.2, -0.15) is 0 Å². The van der Waals surface area contributed by atoms with Gasteiger partial charge in [0.1, 0.15) is 6.54 Å². The summed E-state index contributed by atoms with van der Waals surface area (Å²) in [7, 11) is 0. The van der Waals surface area contributed by atoms with Gasteiger partial charge in [-0.1, -0.05) is 0 Å². The van der Waals surface area contributed by atoms with Crippen molar-refractivity contribution in [3.8, 4) is 0 Å². The SMILES string of the molecule is Nc1ccc(C(=O)NCC(=O)O)c(Br)c1. The normalized spacial score (nSPS) is 9.67. The third-order valence-electron chi connectivity index (χ3n) is 1.64. The summed E-state index contributed by atoms with van der Waals surface area (Å²) in [5, 5.41) is 10.6. The lowest BCUT2D eigenvalue weighted by molar-refractivity contribution is -0.135. The zero-order valence-corrected chi connectivity index (χ0v) is 9.24. The van der Waals surface area contributed by atoms with Gasteiger partial charge in [0, 0.05) is 10.2 Å². The maximum Gasteiger partial charge on any atom is 0.322 e. The van der Waals surface area contributed by atoms with Gasteiger partial charge in [0.25, 0.3) is 5.91 Å². The van der Waals surface area contributed by atoms with Crippen molar-refractivity contribution in [1.29, 1.82) is 0 Å². The Balaban J connectivity index is 2.78. The van der Waals surface area contributed by atoms with Crippen molar-refractivity contribution in [2.75, 3.05) is 12.3 Å². The van der Waals surface area contributed by atoms with Crippen molar-refractivity contribution in [2.24, 2.45) is 0 Å². The molecular formula is C9H9BrN2O3. The number of nitrogens with two attached hydrogens (primary N) is 1. The Bertz CT molecular complexity index is 406. The van der Waals surface area contributed by atoms with Crippen LogP contribution in [0.2, 0.25) is 0 Å². The molecule has 4 N–H and O–H groups in total. The molecule has 0 saturated heterocycles. The average molecular weight is 273 g/mol. The van der Waals surface area contributed by atoms with E-state index in [0.29, 0.717) is 15.7 Å². The van der Waals surface area contributed by atoms with Crippen LogP contribution in [0, 0.1) is 0 Å². The minimum absolute atomic E-state index is 0.352. The van der Waals surface area contributed by atoms with E-state index in [1.54, 1.807) is 12.1 Å². The number of hydrogen-bond donors (Lipinski definition) is 3. The molecular weight excluding hydrogens is 264 g/mol. The number of nitrogen functional groups attached to an aromatic ring is 1. The average Bonchev–Trinajstić information content (AvgIpc) is 2.14. The Hall–Kier alpha value is -1.56. The topological polar surface area (TPSA) is 92.4 Å². The van der Waals surface area contributed by atoms with E-state index in [4.69, 9.17) is 10.8 Å². The number of benzene rings is 1. The quantitative estimate of drug-likeness (QED) is 0.712. The lowest BCUT2D eigenvalue weighted by Gasteiger charge is -2.05. The second-order valence-electron chi connectivity index (χ2n) is 2.82. The van der Waals surface area contributed by atoms with Crippen molar-refractivity contribution in [1.82, 2.24) is 5.32 Å². The van der Waals surface area contributed by atoms with Crippen molar-refractivity contribution in [2.45, 2.75) is 0 Å². The largest absolute Gasteiger partial charge is 0.480 e. The van der Waals surface area contributed by atoms with E-state index in [0.717, 1.165) is 0 Å². The number of carboxylic acid groups (broad SMARTS) is 1. The molecule has 0 aliphatic rings. The zero-order chi connectivity index (χ0) is 11.4.